The van der Waals surface area contributed by atoms with Gasteiger partial charge in [0.2, 0.25) is 0 Å². The predicted molar refractivity (Wildman–Crippen MR) is 71.6 cm³/mol. The SMILES string of the molecule is CC(C)c1cn([C@H]2C[C@H](O)[C@@H](CO)O2)c(=O)[nH]c1=S. The molecule has 0 amide bonds. The number of hydrogen-bond donors (Lipinski definition) is 3. The normalized spacial score (nSPS) is 27.1. The third-order valence-electron chi connectivity index (χ3n) is 3.31. The summed E-state index contributed by atoms with van der Waals surface area (Å²) in [5.41, 5.74) is 0.477. The molecule has 6 nitrogen and oxygen atoms in total. The second-order valence-corrected chi connectivity index (χ2v) is 5.43. The first-order chi connectivity index (χ1) is 8.93. The molecule has 1 aromatic heterocycles. The zero-order chi connectivity index (χ0) is 14.2. The van der Waals surface area contributed by atoms with Gasteiger partial charge in [-0.1, -0.05) is 26.1 Å². The van der Waals surface area contributed by atoms with E-state index in [9.17, 15) is 9.90 Å². The lowest BCUT2D eigenvalue weighted by Crippen LogP contribution is -2.28. The highest BCUT2D eigenvalue weighted by Gasteiger charge is 2.35. The molecule has 0 spiro atoms. The highest BCUT2D eigenvalue weighted by molar-refractivity contribution is 7.71. The van der Waals surface area contributed by atoms with Gasteiger partial charge in [-0.2, -0.15) is 0 Å². The molecule has 1 aromatic rings. The Balaban J connectivity index is 2.38. The summed E-state index contributed by atoms with van der Waals surface area (Å²) < 4.78 is 7.29. The molecule has 1 aliphatic heterocycles. The molecule has 106 valence electrons. The van der Waals surface area contributed by atoms with Crippen molar-refractivity contribution < 1.29 is 14.9 Å². The Morgan fingerprint density at radius 3 is 2.84 bits per heavy atom. The maximum atomic E-state index is 11.9. The molecule has 0 saturated carbocycles. The molecule has 2 rings (SSSR count). The number of H-pyrrole nitrogens is 1. The first-order valence-electron chi connectivity index (χ1n) is 6.23. The van der Waals surface area contributed by atoms with Gasteiger partial charge >= 0.3 is 5.69 Å². The van der Waals surface area contributed by atoms with E-state index in [1.165, 1.54) is 4.57 Å². The second-order valence-electron chi connectivity index (χ2n) is 5.02. The van der Waals surface area contributed by atoms with Crippen LogP contribution in [0.25, 0.3) is 0 Å². The van der Waals surface area contributed by atoms with Crippen molar-refractivity contribution in [2.24, 2.45) is 0 Å². The minimum atomic E-state index is -0.771. The molecule has 0 bridgehead atoms. The molecule has 2 heterocycles. The number of aliphatic hydroxyl groups excluding tert-OH is 2. The van der Waals surface area contributed by atoms with E-state index < -0.39 is 18.4 Å². The lowest BCUT2D eigenvalue weighted by atomic mass is 10.1. The third kappa shape index (κ3) is 2.79. The topological polar surface area (TPSA) is 87.5 Å². The number of ether oxygens (including phenoxy) is 1. The Morgan fingerprint density at radius 1 is 1.63 bits per heavy atom. The number of nitrogens with zero attached hydrogens (tertiary/aromatic N) is 1. The number of hydrogen-bond acceptors (Lipinski definition) is 5. The number of nitrogens with one attached hydrogen (secondary N) is 1. The Kier molecular flexibility index (Phi) is 4.19. The zero-order valence-electron chi connectivity index (χ0n) is 10.9. The van der Waals surface area contributed by atoms with E-state index in [-0.39, 0.29) is 24.6 Å². The van der Waals surface area contributed by atoms with E-state index in [2.05, 4.69) is 4.98 Å². The van der Waals surface area contributed by atoms with Crippen molar-refractivity contribution in [2.75, 3.05) is 6.61 Å². The molecule has 1 fully saturated rings. The third-order valence-corrected chi connectivity index (χ3v) is 3.65. The number of aliphatic hydroxyl groups is 2. The maximum Gasteiger partial charge on any atom is 0.328 e. The smallest absolute Gasteiger partial charge is 0.328 e. The van der Waals surface area contributed by atoms with Gasteiger partial charge in [-0.25, -0.2) is 4.79 Å². The van der Waals surface area contributed by atoms with Gasteiger partial charge in [0.15, 0.2) is 0 Å². The fourth-order valence-corrected chi connectivity index (χ4v) is 2.55. The number of aromatic nitrogens is 2. The van der Waals surface area contributed by atoms with Crippen molar-refractivity contribution in [3.8, 4) is 0 Å². The molecule has 19 heavy (non-hydrogen) atoms. The maximum absolute atomic E-state index is 11.9. The van der Waals surface area contributed by atoms with Crippen LogP contribution in [0.2, 0.25) is 0 Å². The summed E-state index contributed by atoms with van der Waals surface area (Å²) in [6, 6.07) is 0. The lowest BCUT2D eigenvalue weighted by Gasteiger charge is -2.16. The molecule has 0 aliphatic carbocycles. The number of rotatable bonds is 3. The molecule has 0 unspecified atom stereocenters. The average molecular weight is 286 g/mol. The highest BCUT2D eigenvalue weighted by Crippen LogP contribution is 2.28. The molecule has 1 aliphatic rings. The fourth-order valence-electron chi connectivity index (χ4n) is 2.18. The molecule has 7 heteroatoms. The van der Waals surface area contributed by atoms with Crippen molar-refractivity contribution in [1.82, 2.24) is 9.55 Å². The van der Waals surface area contributed by atoms with Crippen molar-refractivity contribution >= 4 is 12.2 Å². The van der Waals surface area contributed by atoms with Gasteiger partial charge in [-0.3, -0.25) is 9.55 Å². The molecule has 3 N–H and O–H groups in total. The zero-order valence-corrected chi connectivity index (χ0v) is 11.7. The average Bonchev–Trinajstić information content (AvgIpc) is 2.69. The summed E-state index contributed by atoms with van der Waals surface area (Å²) in [4.78, 5) is 14.5. The van der Waals surface area contributed by atoms with Crippen molar-refractivity contribution in [2.45, 2.75) is 44.6 Å². The largest absolute Gasteiger partial charge is 0.394 e. The van der Waals surface area contributed by atoms with Crippen LogP contribution in [-0.4, -0.2) is 38.6 Å². The van der Waals surface area contributed by atoms with E-state index in [1.54, 1.807) is 6.20 Å². The quantitative estimate of drug-likeness (QED) is 0.711. The summed E-state index contributed by atoms with van der Waals surface area (Å²) in [5.74, 6) is 0.176. The van der Waals surface area contributed by atoms with Crippen LogP contribution in [0.5, 0.6) is 0 Å². The first-order valence-corrected chi connectivity index (χ1v) is 6.64. The summed E-state index contributed by atoms with van der Waals surface area (Å²) in [6.45, 7) is 3.69. The minimum absolute atomic E-state index is 0.176. The summed E-state index contributed by atoms with van der Waals surface area (Å²) in [7, 11) is 0. The van der Waals surface area contributed by atoms with Crippen LogP contribution < -0.4 is 5.69 Å². The van der Waals surface area contributed by atoms with E-state index >= 15 is 0 Å². The Labute approximate surface area is 115 Å². The van der Waals surface area contributed by atoms with E-state index in [0.717, 1.165) is 5.56 Å². The van der Waals surface area contributed by atoms with Crippen LogP contribution in [0.3, 0.4) is 0 Å². The van der Waals surface area contributed by atoms with Crippen LogP contribution in [0.4, 0.5) is 0 Å². The van der Waals surface area contributed by atoms with E-state index in [1.807, 2.05) is 13.8 Å². The molecule has 0 aromatic carbocycles. The lowest BCUT2D eigenvalue weighted by molar-refractivity contribution is -0.0459. The second kappa shape index (κ2) is 5.54. The van der Waals surface area contributed by atoms with E-state index in [4.69, 9.17) is 22.1 Å². The van der Waals surface area contributed by atoms with Gasteiger partial charge in [0.25, 0.3) is 0 Å². The molecule has 0 radical (unpaired) electrons. The monoisotopic (exact) mass is 286 g/mol. The van der Waals surface area contributed by atoms with Crippen LogP contribution in [0, 0.1) is 4.64 Å². The van der Waals surface area contributed by atoms with Crippen LogP contribution in [0.1, 0.15) is 38.0 Å². The van der Waals surface area contributed by atoms with Gasteiger partial charge in [-0.15, -0.1) is 0 Å². The van der Waals surface area contributed by atoms with Crippen LogP contribution in [0.15, 0.2) is 11.0 Å². The van der Waals surface area contributed by atoms with Crippen LogP contribution in [-0.2, 0) is 4.74 Å². The standard InChI is InChI=1S/C12H18N2O4S/c1-6(2)7-4-14(12(17)13-11(7)19)10-3-8(16)9(5-15)18-10/h4,6,8-10,15-16H,3,5H2,1-2H3,(H,13,17,19)/t8-,9+,10+/m0/s1. The van der Waals surface area contributed by atoms with Crippen LogP contribution >= 0.6 is 12.2 Å². The Morgan fingerprint density at radius 2 is 2.32 bits per heavy atom. The van der Waals surface area contributed by atoms with Gasteiger partial charge in [0.1, 0.15) is 17.0 Å². The summed E-state index contributed by atoms with van der Waals surface area (Å²) in [5, 5.41) is 18.8. The van der Waals surface area contributed by atoms with Gasteiger partial charge in [0, 0.05) is 18.2 Å². The Bertz CT molecular complexity index is 566. The van der Waals surface area contributed by atoms with E-state index in [0.29, 0.717) is 4.64 Å². The molecule has 1 saturated heterocycles. The highest BCUT2D eigenvalue weighted by atomic mass is 32.1. The van der Waals surface area contributed by atoms with Gasteiger partial charge in [-0.05, 0) is 5.92 Å². The van der Waals surface area contributed by atoms with Crippen molar-refractivity contribution in [1.29, 1.82) is 0 Å². The summed E-state index contributed by atoms with van der Waals surface area (Å²) in [6.07, 6.45) is -0.0600. The van der Waals surface area contributed by atoms with Gasteiger partial charge < -0.3 is 14.9 Å². The molecule has 3 atom stereocenters. The van der Waals surface area contributed by atoms with Crippen molar-refractivity contribution in [3.63, 3.8) is 0 Å². The number of aromatic amines is 1. The van der Waals surface area contributed by atoms with Gasteiger partial charge in [0.05, 0.1) is 12.7 Å². The minimum Gasteiger partial charge on any atom is -0.394 e. The first kappa shape index (κ1) is 14.4. The fraction of sp³-hybridized carbons (Fsp3) is 0.667. The van der Waals surface area contributed by atoms with Crippen molar-refractivity contribution in [3.05, 3.63) is 26.9 Å². The molecular formula is C12H18N2O4S. The summed E-state index contributed by atoms with van der Waals surface area (Å²) >= 11 is 5.12. The Hall–Kier alpha value is -1.02. The molecular weight excluding hydrogens is 268 g/mol. The predicted octanol–water partition coefficient (Wildman–Crippen LogP) is 0.670.